The summed E-state index contributed by atoms with van der Waals surface area (Å²) >= 11 is 0. The molecule has 1 rings (SSSR count). The van der Waals surface area contributed by atoms with Crippen molar-refractivity contribution in [1.82, 2.24) is 4.90 Å². The molecule has 2 atom stereocenters. The van der Waals surface area contributed by atoms with Crippen LogP contribution in [0.1, 0.15) is 37.1 Å². The average Bonchev–Trinajstić information content (AvgIpc) is 2.39. The van der Waals surface area contributed by atoms with E-state index >= 15 is 0 Å². The van der Waals surface area contributed by atoms with E-state index in [-0.39, 0.29) is 16.9 Å². The first-order chi connectivity index (χ1) is 8.99. The van der Waals surface area contributed by atoms with Gasteiger partial charge in [-0.2, -0.15) is 0 Å². The predicted molar refractivity (Wildman–Crippen MR) is 80.5 cm³/mol. The third-order valence-electron chi connectivity index (χ3n) is 3.29. The highest BCUT2D eigenvalue weighted by Gasteiger charge is 2.19. The van der Waals surface area contributed by atoms with Gasteiger partial charge in [0.1, 0.15) is 5.75 Å². The molecule has 106 valence electrons. The lowest BCUT2D eigenvalue weighted by atomic mass is 10.1. The summed E-state index contributed by atoms with van der Waals surface area (Å²) < 4.78 is 12.3. The minimum Gasteiger partial charge on any atom is -0.342 e. The zero-order valence-electron chi connectivity index (χ0n) is 12.2. The lowest BCUT2D eigenvalue weighted by Crippen LogP contribution is -2.34. The molecule has 0 radical (unpaired) electrons. The highest BCUT2D eigenvalue weighted by molar-refractivity contribution is 7.86. The van der Waals surface area contributed by atoms with Gasteiger partial charge < -0.3 is 4.90 Å². The van der Waals surface area contributed by atoms with Gasteiger partial charge >= 0.3 is 0 Å². The predicted octanol–water partition coefficient (Wildman–Crippen LogP) is 2.67. The summed E-state index contributed by atoms with van der Waals surface area (Å²) in [5, 5.41) is -0.112. The van der Waals surface area contributed by atoms with Crippen LogP contribution in [0.25, 0.3) is 0 Å². The molecule has 0 aliphatic heterocycles. The molecule has 0 aliphatic rings. The standard InChI is InChI=1S/C15H23NO2S/c1-5-16(6-2)15(17)11-19(18)13(4)14-9-7-8-12(3)10-14/h7-10,13H,5-6,11H2,1-4H3/t13-,19+/m1/s1. The van der Waals surface area contributed by atoms with Gasteiger partial charge in [0.15, 0.2) is 0 Å². The van der Waals surface area contributed by atoms with E-state index in [1.54, 1.807) is 4.90 Å². The van der Waals surface area contributed by atoms with Crippen LogP contribution in [-0.2, 0) is 15.6 Å². The number of hydrogen-bond donors (Lipinski definition) is 0. The van der Waals surface area contributed by atoms with E-state index in [4.69, 9.17) is 0 Å². The van der Waals surface area contributed by atoms with Crippen LogP contribution in [0.15, 0.2) is 24.3 Å². The van der Waals surface area contributed by atoms with Crippen molar-refractivity contribution in [3.05, 3.63) is 35.4 Å². The summed E-state index contributed by atoms with van der Waals surface area (Å²) in [7, 11) is -1.17. The van der Waals surface area contributed by atoms with Gasteiger partial charge in [-0.1, -0.05) is 29.8 Å². The summed E-state index contributed by atoms with van der Waals surface area (Å²) in [5.41, 5.74) is 2.18. The molecule has 4 heteroatoms. The molecule has 3 nitrogen and oxygen atoms in total. The Labute approximate surface area is 118 Å². The Bertz CT molecular complexity index is 455. The van der Waals surface area contributed by atoms with Crippen LogP contribution in [0, 0.1) is 6.92 Å². The zero-order chi connectivity index (χ0) is 14.4. The van der Waals surface area contributed by atoms with E-state index in [1.807, 2.05) is 52.0 Å². The number of aryl methyl sites for hydroxylation is 1. The molecule has 0 aliphatic carbocycles. The fourth-order valence-electron chi connectivity index (χ4n) is 1.99. The molecule has 0 spiro atoms. The van der Waals surface area contributed by atoms with Crippen molar-refractivity contribution in [2.24, 2.45) is 0 Å². The first-order valence-electron chi connectivity index (χ1n) is 6.71. The van der Waals surface area contributed by atoms with Crippen LogP contribution in [0.3, 0.4) is 0 Å². The van der Waals surface area contributed by atoms with Crippen LogP contribution in [0.4, 0.5) is 0 Å². The minimum atomic E-state index is -1.17. The molecule has 1 amide bonds. The molecule has 0 unspecified atom stereocenters. The third kappa shape index (κ3) is 4.46. The lowest BCUT2D eigenvalue weighted by Gasteiger charge is -2.19. The lowest BCUT2D eigenvalue weighted by molar-refractivity contribution is -0.128. The Morgan fingerprint density at radius 2 is 1.95 bits per heavy atom. The first kappa shape index (κ1) is 15.9. The van der Waals surface area contributed by atoms with Crippen molar-refractivity contribution in [2.45, 2.75) is 32.9 Å². The van der Waals surface area contributed by atoms with E-state index < -0.39 is 10.8 Å². The molecule has 1 aromatic rings. The number of hydrogen-bond acceptors (Lipinski definition) is 2. The fourth-order valence-corrected chi connectivity index (χ4v) is 3.12. The monoisotopic (exact) mass is 281 g/mol. The van der Waals surface area contributed by atoms with Crippen molar-refractivity contribution in [3.8, 4) is 0 Å². The van der Waals surface area contributed by atoms with Crippen LogP contribution < -0.4 is 0 Å². The Morgan fingerprint density at radius 3 is 2.47 bits per heavy atom. The maximum atomic E-state index is 12.3. The van der Waals surface area contributed by atoms with Gasteiger partial charge in [0.05, 0.1) is 5.25 Å². The average molecular weight is 281 g/mol. The molecular weight excluding hydrogens is 258 g/mol. The van der Waals surface area contributed by atoms with Crippen LogP contribution in [-0.4, -0.2) is 33.9 Å². The fraction of sp³-hybridized carbons (Fsp3) is 0.533. The largest absolute Gasteiger partial charge is 0.342 e. The molecule has 0 fully saturated rings. The second-order valence-electron chi connectivity index (χ2n) is 4.65. The molecule has 0 saturated heterocycles. The van der Waals surface area contributed by atoms with Crippen molar-refractivity contribution in [3.63, 3.8) is 0 Å². The molecule has 0 heterocycles. The Balaban J connectivity index is 2.70. The highest BCUT2D eigenvalue weighted by Crippen LogP contribution is 2.20. The second-order valence-corrected chi connectivity index (χ2v) is 6.40. The minimum absolute atomic E-state index is 0.0252. The van der Waals surface area contributed by atoms with Gasteiger partial charge in [0, 0.05) is 23.9 Å². The zero-order valence-corrected chi connectivity index (χ0v) is 13.0. The quantitative estimate of drug-likeness (QED) is 0.804. The molecule has 0 saturated carbocycles. The maximum Gasteiger partial charge on any atom is 0.235 e. The van der Waals surface area contributed by atoms with E-state index in [2.05, 4.69) is 0 Å². The third-order valence-corrected chi connectivity index (χ3v) is 4.88. The smallest absolute Gasteiger partial charge is 0.235 e. The number of amides is 1. The van der Waals surface area contributed by atoms with Gasteiger partial charge in [-0.05, 0) is 33.3 Å². The summed E-state index contributed by atoms with van der Waals surface area (Å²) in [6, 6.07) is 7.98. The Morgan fingerprint density at radius 1 is 1.32 bits per heavy atom. The number of nitrogens with zero attached hydrogens (tertiary/aromatic N) is 1. The molecule has 0 bridgehead atoms. The van der Waals surface area contributed by atoms with Gasteiger partial charge in [0.2, 0.25) is 5.91 Å². The van der Waals surface area contributed by atoms with Gasteiger partial charge in [0.25, 0.3) is 0 Å². The van der Waals surface area contributed by atoms with E-state index in [0.717, 1.165) is 11.1 Å². The van der Waals surface area contributed by atoms with Gasteiger partial charge in [-0.25, -0.2) is 0 Å². The summed E-state index contributed by atoms with van der Waals surface area (Å²) in [6.07, 6.45) is 0. The van der Waals surface area contributed by atoms with E-state index in [9.17, 15) is 9.00 Å². The van der Waals surface area contributed by atoms with Crippen molar-refractivity contribution >= 4 is 16.7 Å². The highest BCUT2D eigenvalue weighted by atomic mass is 32.2. The summed E-state index contributed by atoms with van der Waals surface area (Å²) in [5.74, 6) is 0.0828. The SMILES string of the molecule is CCN(CC)C(=O)C[S@](=O)[C@H](C)c1cccc(C)c1. The maximum absolute atomic E-state index is 12.3. The molecule has 19 heavy (non-hydrogen) atoms. The number of carbonyl (C=O) groups excluding carboxylic acids is 1. The van der Waals surface area contributed by atoms with Gasteiger partial charge in [-0.15, -0.1) is 0 Å². The number of benzene rings is 1. The molecule has 1 aromatic carbocycles. The summed E-state index contributed by atoms with van der Waals surface area (Å²) in [4.78, 5) is 13.7. The van der Waals surface area contributed by atoms with Crippen LogP contribution >= 0.6 is 0 Å². The van der Waals surface area contributed by atoms with Crippen molar-refractivity contribution < 1.29 is 9.00 Å². The van der Waals surface area contributed by atoms with Gasteiger partial charge in [-0.3, -0.25) is 9.00 Å². The van der Waals surface area contributed by atoms with E-state index in [1.165, 1.54) is 0 Å². The van der Waals surface area contributed by atoms with E-state index in [0.29, 0.717) is 13.1 Å². The summed E-state index contributed by atoms with van der Waals surface area (Å²) in [6.45, 7) is 9.15. The Kier molecular flexibility index (Phi) is 6.22. The molecular formula is C15H23NO2S. The first-order valence-corrected chi connectivity index (χ1v) is 8.09. The van der Waals surface area contributed by atoms with Crippen LogP contribution in [0.2, 0.25) is 0 Å². The molecule has 0 N–H and O–H groups in total. The second kappa shape index (κ2) is 7.43. The van der Waals surface area contributed by atoms with Crippen molar-refractivity contribution in [2.75, 3.05) is 18.8 Å². The number of rotatable bonds is 6. The van der Waals surface area contributed by atoms with Crippen LogP contribution in [0.5, 0.6) is 0 Å². The number of carbonyl (C=O) groups is 1. The van der Waals surface area contributed by atoms with Crippen molar-refractivity contribution in [1.29, 1.82) is 0 Å². The normalized spacial score (nSPS) is 13.9. The molecule has 0 aromatic heterocycles. The topological polar surface area (TPSA) is 37.4 Å². The Hall–Kier alpha value is -1.16.